The largest absolute Gasteiger partial charge is 0.381 e. The Balaban J connectivity index is 2.60. The molecule has 5 heteroatoms. The molecule has 0 aromatic heterocycles. The Morgan fingerprint density at radius 3 is 2.43 bits per heavy atom. The van der Waals surface area contributed by atoms with Gasteiger partial charge in [-0.25, -0.2) is 0 Å². The van der Waals surface area contributed by atoms with Crippen LogP contribution in [0.15, 0.2) is 0 Å². The van der Waals surface area contributed by atoms with E-state index in [2.05, 4.69) is 5.32 Å². The summed E-state index contributed by atoms with van der Waals surface area (Å²) in [7, 11) is 0. The Morgan fingerprint density at radius 1 is 1.43 bits per heavy atom. The molecule has 0 atom stereocenters. The highest BCUT2D eigenvalue weighted by Gasteiger charge is 2.38. The van der Waals surface area contributed by atoms with Gasteiger partial charge < -0.3 is 15.8 Å². The number of carbonyl (C=O) groups is 2. The molecule has 0 aromatic rings. The van der Waals surface area contributed by atoms with Crippen molar-refractivity contribution < 1.29 is 14.3 Å². The minimum Gasteiger partial charge on any atom is -0.381 e. The van der Waals surface area contributed by atoms with E-state index < -0.39 is 5.41 Å². The van der Waals surface area contributed by atoms with Crippen molar-refractivity contribution in [2.45, 2.75) is 19.8 Å². The van der Waals surface area contributed by atoms with Gasteiger partial charge in [0, 0.05) is 26.7 Å². The average Bonchev–Trinajstić information content (AvgIpc) is 2.16. The van der Waals surface area contributed by atoms with E-state index in [-0.39, 0.29) is 11.8 Å². The number of primary amides is 1. The molecule has 0 aliphatic carbocycles. The van der Waals surface area contributed by atoms with Crippen LogP contribution in [0.4, 0.5) is 0 Å². The molecule has 0 aromatic carbocycles. The second-order valence-electron chi connectivity index (χ2n) is 3.67. The van der Waals surface area contributed by atoms with Crippen LogP contribution in [-0.2, 0) is 14.3 Å². The summed E-state index contributed by atoms with van der Waals surface area (Å²) in [5.41, 5.74) is 4.74. The maximum absolute atomic E-state index is 11.3. The number of rotatable bonds is 3. The fourth-order valence-corrected chi connectivity index (χ4v) is 1.57. The number of amides is 2. The maximum atomic E-state index is 11.3. The number of hydrogen-bond donors (Lipinski definition) is 2. The minimum absolute atomic E-state index is 0.142. The Hall–Kier alpha value is -1.10. The molecule has 2 amide bonds. The first-order chi connectivity index (χ1) is 6.57. The van der Waals surface area contributed by atoms with Crippen LogP contribution in [0, 0.1) is 5.41 Å². The summed E-state index contributed by atoms with van der Waals surface area (Å²) in [5, 5.41) is 2.64. The zero-order valence-corrected chi connectivity index (χ0v) is 8.34. The molecule has 0 saturated carbocycles. The first kappa shape index (κ1) is 11.0. The first-order valence-corrected chi connectivity index (χ1v) is 4.69. The quantitative estimate of drug-likeness (QED) is 0.638. The van der Waals surface area contributed by atoms with E-state index in [1.54, 1.807) is 0 Å². The first-order valence-electron chi connectivity index (χ1n) is 4.69. The van der Waals surface area contributed by atoms with Crippen LogP contribution in [0.25, 0.3) is 0 Å². The highest BCUT2D eigenvalue weighted by Crippen LogP contribution is 2.29. The molecular weight excluding hydrogens is 184 g/mol. The van der Waals surface area contributed by atoms with Gasteiger partial charge >= 0.3 is 0 Å². The normalized spacial score (nSPS) is 20.1. The predicted molar refractivity (Wildman–Crippen MR) is 50.4 cm³/mol. The van der Waals surface area contributed by atoms with Gasteiger partial charge in [-0.05, 0) is 12.8 Å². The standard InChI is InChI=1S/C9H16N2O3/c1-7(12)11-6-9(8(10)13)2-4-14-5-3-9/h2-6H2,1H3,(H2,10,13)(H,11,12). The summed E-state index contributed by atoms with van der Waals surface area (Å²) in [6.07, 6.45) is 1.17. The highest BCUT2D eigenvalue weighted by molar-refractivity contribution is 5.82. The number of carbonyl (C=O) groups excluding carboxylic acids is 2. The van der Waals surface area contributed by atoms with Gasteiger partial charge in [0.25, 0.3) is 0 Å². The predicted octanol–water partition coefficient (Wildman–Crippen LogP) is -0.595. The van der Waals surface area contributed by atoms with Crippen LogP contribution in [0.5, 0.6) is 0 Å². The molecule has 1 fully saturated rings. The van der Waals surface area contributed by atoms with E-state index in [0.717, 1.165) is 0 Å². The fourth-order valence-electron chi connectivity index (χ4n) is 1.57. The third kappa shape index (κ3) is 2.45. The molecule has 3 N–H and O–H groups in total. The number of hydrogen-bond acceptors (Lipinski definition) is 3. The third-order valence-electron chi connectivity index (χ3n) is 2.65. The number of nitrogens with two attached hydrogens (primary N) is 1. The Kier molecular flexibility index (Phi) is 3.46. The molecule has 14 heavy (non-hydrogen) atoms. The third-order valence-corrected chi connectivity index (χ3v) is 2.65. The van der Waals surface area contributed by atoms with Crippen molar-refractivity contribution in [1.29, 1.82) is 0 Å². The number of nitrogens with one attached hydrogen (secondary N) is 1. The van der Waals surface area contributed by atoms with Crippen molar-refractivity contribution in [1.82, 2.24) is 5.32 Å². The van der Waals surface area contributed by atoms with Crippen LogP contribution >= 0.6 is 0 Å². The molecule has 5 nitrogen and oxygen atoms in total. The Bertz CT molecular complexity index is 234. The van der Waals surface area contributed by atoms with Gasteiger partial charge in [0.1, 0.15) is 0 Å². The van der Waals surface area contributed by atoms with Gasteiger partial charge in [-0.1, -0.05) is 0 Å². The molecule has 0 radical (unpaired) electrons. The van der Waals surface area contributed by atoms with Crippen molar-refractivity contribution in [3.63, 3.8) is 0 Å². The lowest BCUT2D eigenvalue weighted by Gasteiger charge is -2.34. The maximum Gasteiger partial charge on any atom is 0.225 e. The molecule has 80 valence electrons. The lowest BCUT2D eigenvalue weighted by atomic mass is 9.79. The number of ether oxygens (including phenoxy) is 1. The van der Waals surface area contributed by atoms with Crippen LogP contribution in [0.1, 0.15) is 19.8 Å². The van der Waals surface area contributed by atoms with Crippen molar-refractivity contribution in [3.05, 3.63) is 0 Å². The van der Waals surface area contributed by atoms with E-state index in [4.69, 9.17) is 10.5 Å². The van der Waals surface area contributed by atoms with Crippen molar-refractivity contribution in [3.8, 4) is 0 Å². The summed E-state index contributed by atoms with van der Waals surface area (Å²) in [6, 6.07) is 0. The smallest absolute Gasteiger partial charge is 0.225 e. The molecule has 1 rings (SSSR count). The SMILES string of the molecule is CC(=O)NCC1(C(N)=O)CCOCC1. The van der Waals surface area contributed by atoms with Gasteiger partial charge in [0.2, 0.25) is 11.8 Å². The van der Waals surface area contributed by atoms with E-state index in [9.17, 15) is 9.59 Å². The van der Waals surface area contributed by atoms with Crippen LogP contribution in [0.2, 0.25) is 0 Å². The van der Waals surface area contributed by atoms with Crippen LogP contribution in [-0.4, -0.2) is 31.6 Å². The van der Waals surface area contributed by atoms with E-state index in [0.29, 0.717) is 32.6 Å². The topological polar surface area (TPSA) is 81.4 Å². The summed E-state index contributed by atoms with van der Waals surface area (Å²) in [5.74, 6) is -0.494. The average molecular weight is 200 g/mol. The monoisotopic (exact) mass is 200 g/mol. The van der Waals surface area contributed by atoms with Crippen LogP contribution in [0.3, 0.4) is 0 Å². The molecule has 1 aliphatic rings. The fraction of sp³-hybridized carbons (Fsp3) is 0.778. The molecule has 0 bridgehead atoms. The van der Waals surface area contributed by atoms with E-state index in [1.165, 1.54) is 6.92 Å². The zero-order valence-electron chi connectivity index (χ0n) is 8.34. The lowest BCUT2D eigenvalue weighted by molar-refractivity contribution is -0.133. The molecule has 0 spiro atoms. The van der Waals surface area contributed by atoms with E-state index in [1.807, 2.05) is 0 Å². The molecule has 1 saturated heterocycles. The van der Waals surface area contributed by atoms with Gasteiger partial charge in [-0.2, -0.15) is 0 Å². The van der Waals surface area contributed by atoms with E-state index >= 15 is 0 Å². The zero-order chi connectivity index (χ0) is 10.6. The van der Waals surface area contributed by atoms with Crippen molar-refractivity contribution in [2.75, 3.05) is 19.8 Å². The lowest BCUT2D eigenvalue weighted by Crippen LogP contribution is -2.49. The molecule has 1 heterocycles. The summed E-state index contributed by atoms with van der Waals surface area (Å²) < 4.78 is 5.16. The summed E-state index contributed by atoms with van der Waals surface area (Å²) in [6.45, 7) is 2.81. The van der Waals surface area contributed by atoms with Gasteiger partial charge in [-0.3, -0.25) is 9.59 Å². The highest BCUT2D eigenvalue weighted by atomic mass is 16.5. The molecule has 0 unspecified atom stereocenters. The van der Waals surface area contributed by atoms with Gasteiger partial charge in [-0.15, -0.1) is 0 Å². The van der Waals surface area contributed by atoms with Crippen molar-refractivity contribution >= 4 is 11.8 Å². The Morgan fingerprint density at radius 2 is 2.00 bits per heavy atom. The summed E-state index contributed by atoms with van der Waals surface area (Å²) in [4.78, 5) is 22.1. The van der Waals surface area contributed by atoms with Crippen molar-refractivity contribution in [2.24, 2.45) is 11.1 Å². The Labute approximate surface area is 83.0 Å². The van der Waals surface area contributed by atoms with Crippen LogP contribution < -0.4 is 11.1 Å². The van der Waals surface area contributed by atoms with Gasteiger partial charge in [0.05, 0.1) is 5.41 Å². The second-order valence-corrected chi connectivity index (χ2v) is 3.67. The molecule has 1 aliphatic heterocycles. The molecular formula is C9H16N2O3. The summed E-state index contributed by atoms with van der Waals surface area (Å²) >= 11 is 0. The minimum atomic E-state index is -0.607. The van der Waals surface area contributed by atoms with Gasteiger partial charge in [0.15, 0.2) is 0 Å². The second kappa shape index (κ2) is 4.41.